The van der Waals surface area contributed by atoms with Crippen LogP contribution in [0.3, 0.4) is 0 Å². The molecule has 0 spiro atoms. The molecule has 0 aliphatic carbocycles. The monoisotopic (exact) mass is 195 g/mol. The summed E-state index contributed by atoms with van der Waals surface area (Å²) in [6.45, 7) is 0.917. The van der Waals surface area contributed by atoms with Crippen molar-refractivity contribution in [1.29, 1.82) is 0 Å². The van der Waals surface area contributed by atoms with E-state index in [1.54, 1.807) is 18.2 Å². The number of benzene rings is 1. The SMILES string of the molecule is CC(O)(CO)/N=C/c1ccccc1O. The fraction of sp³-hybridized carbons (Fsp3) is 0.300. The summed E-state index contributed by atoms with van der Waals surface area (Å²) in [6.07, 6.45) is 1.32. The smallest absolute Gasteiger partial charge is 0.176 e. The van der Waals surface area contributed by atoms with Crippen LogP contribution in [0.4, 0.5) is 0 Å². The van der Waals surface area contributed by atoms with E-state index in [0.29, 0.717) is 5.56 Å². The van der Waals surface area contributed by atoms with Crippen molar-refractivity contribution in [2.24, 2.45) is 4.99 Å². The van der Waals surface area contributed by atoms with Crippen LogP contribution in [0, 0.1) is 0 Å². The van der Waals surface area contributed by atoms with Crippen LogP contribution in [0.15, 0.2) is 29.3 Å². The lowest BCUT2D eigenvalue weighted by molar-refractivity contribution is 0.0103. The summed E-state index contributed by atoms with van der Waals surface area (Å²) < 4.78 is 0. The van der Waals surface area contributed by atoms with E-state index in [0.717, 1.165) is 0 Å². The zero-order chi connectivity index (χ0) is 10.6. The van der Waals surface area contributed by atoms with Crippen molar-refractivity contribution in [2.75, 3.05) is 6.61 Å². The molecule has 0 saturated heterocycles. The number of para-hydroxylation sites is 1. The second kappa shape index (κ2) is 4.21. The fourth-order valence-corrected chi connectivity index (χ4v) is 0.846. The molecular formula is C10H13NO3. The van der Waals surface area contributed by atoms with E-state index in [1.807, 2.05) is 0 Å². The van der Waals surface area contributed by atoms with Crippen LogP contribution in [0.2, 0.25) is 0 Å². The number of rotatable bonds is 3. The Kier molecular flexibility index (Phi) is 3.22. The molecule has 0 fully saturated rings. The van der Waals surface area contributed by atoms with Gasteiger partial charge in [-0.3, -0.25) is 4.99 Å². The van der Waals surface area contributed by atoms with Gasteiger partial charge in [0.1, 0.15) is 5.75 Å². The molecule has 0 bridgehead atoms. The summed E-state index contributed by atoms with van der Waals surface area (Å²) in [5, 5.41) is 27.4. The Balaban J connectivity index is 2.84. The Hall–Kier alpha value is -1.39. The Morgan fingerprint density at radius 1 is 1.43 bits per heavy atom. The largest absolute Gasteiger partial charge is 0.507 e. The summed E-state index contributed by atoms with van der Waals surface area (Å²) in [4.78, 5) is 3.73. The molecule has 14 heavy (non-hydrogen) atoms. The molecule has 0 aromatic heterocycles. The molecule has 0 heterocycles. The Labute approximate surface area is 82.2 Å². The van der Waals surface area contributed by atoms with Crippen LogP contribution in [-0.2, 0) is 0 Å². The van der Waals surface area contributed by atoms with E-state index in [-0.39, 0.29) is 5.75 Å². The Morgan fingerprint density at radius 2 is 2.07 bits per heavy atom. The molecule has 3 N–H and O–H groups in total. The van der Waals surface area contributed by atoms with E-state index in [2.05, 4.69) is 4.99 Å². The first-order valence-corrected chi connectivity index (χ1v) is 4.21. The average molecular weight is 195 g/mol. The number of aliphatic hydroxyl groups excluding tert-OH is 1. The fourth-order valence-electron chi connectivity index (χ4n) is 0.846. The first-order chi connectivity index (χ1) is 6.55. The van der Waals surface area contributed by atoms with Crippen LogP contribution >= 0.6 is 0 Å². The lowest BCUT2D eigenvalue weighted by atomic mass is 10.2. The minimum absolute atomic E-state index is 0.0880. The van der Waals surface area contributed by atoms with E-state index in [1.165, 1.54) is 19.2 Å². The van der Waals surface area contributed by atoms with Gasteiger partial charge in [-0.1, -0.05) is 12.1 Å². The molecule has 1 aromatic rings. The van der Waals surface area contributed by atoms with Gasteiger partial charge in [-0.15, -0.1) is 0 Å². The molecule has 1 aromatic carbocycles. The van der Waals surface area contributed by atoms with Crippen LogP contribution in [0.5, 0.6) is 5.75 Å². The average Bonchev–Trinajstić information content (AvgIpc) is 2.17. The van der Waals surface area contributed by atoms with Gasteiger partial charge in [-0.25, -0.2) is 0 Å². The van der Waals surface area contributed by atoms with Gasteiger partial charge in [0, 0.05) is 11.8 Å². The molecule has 0 aliphatic rings. The van der Waals surface area contributed by atoms with Crippen molar-refractivity contribution >= 4 is 6.21 Å². The predicted molar refractivity (Wildman–Crippen MR) is 53.4 cm³/mol. The van der Waals surface area contributed by atoms with Gasteiger partial charge in [0.25, 0.3) is 0 Å². The minimum Gasteiger partial charge on any atom is -0.507 e. The highest BCUT2D eigenvalue weighted by Gasteiger charge is 2.15. The van der Waals surface area contributed by atoms with Gasteiger partial charge in [0.05, 0.1) is 6.61 Å². The number of nitrogens with zero attached hydrogens (tertiary/aromatic N) is 1. The molecule has 1 rings (SSSR count). The second-order valence-corrected chi connectivity index (χ2v) is 3.19. The third-order valence-electron chi connectivity index (χ3n) is 1.72. The molecule has 4 heteroatoms. The highest BCUT2D eigenvalue weighted by Crippen LogP contribution is 2.14. The van der Waals surface area contributed by atoms with Crippen molar-refractivity contribution in [3.05, 3.63) is 29.8 Å². The number of phenolic OH excluding ortho intramolecular Hbond substituents is 1. The maximum absolute atomic E-state index is 9.35. The molecule has 0 aliphatic heterocycles. The molecule has 4 nitrogen and oxygen atoms in total. The zero-order valence-corrected chi connectivity index (χ0v) is 7.88. The van der Waals surface area contributed by atoms with E-state index in [9.17, 15) is 10.2 Å². The first-order valence-electron chi connectivity index (χ1n) is 4.21. The summed E-state index contributed by atoms with van der Waals surface area (Å²) in [6, 6.07) is 6.62. The number of hydrogen-bond donors (Lipinski definition) is 3. The molecule has 0 amide bonds. The van der Waals surface area contributed by atoms with Crippen LogP contribution in [0.25, 0.3) is 0 Å². The van der Waals surface area contributed by atoms with Crippen molar-refractivity contribution < 1.29 is 15.3 Å². The van der Waals surface area contributed by atoms with Crippen molar-refractivity contribution in [3.63, 3.8) is 0 Å². The minimum atomic E-state index is -1.50. The van der Waals surface area contributed by atoms with Gasteiger partial charge >= 0.3 is 0 Å². The highest BCUT2D eigenvalue weighted by atomic mass is 16.3. The van der Waals surface area contributed by atoms with E-state index in [4.69, 9.17) is 5.11 Å². The highest BCUT2D eigenvalue weighted by molar-refractivity contribution is 5.83. The topological polar surface area (TPSA) is 73.0 Å². The number of aliphatic imine (C=N–C) groups is 1. The zero-order valence-electron chi connectivity index (χ0n) is 7.88. The lowest BCUT2D eigenvalue weighted by Gasteiger charge is -2.13. The van der Waals surface area contributed by atoms with Gasteiger partial charge < -0.3 is 15.3 Å². The van der Waals surface area contributed by atoms with Crippen molar-refractivity contribution in [2.45, 2.75) is 12.6 Å². The number of phenols is 1. The van der Waals surface area contributed by atoms with Crippen LogP contribution < -0.4 is 0 Å². The van der Waals surface area contributed by atoms with E-state index < -0.39 is 12.3 Å². The molecule has 0 radical (unpaired) electrons. The third-order valence-corrected chi connectivity index (χ3v) is 1.72. The van der Waals surface area contributed by atoms with Crippen molar-refractivity contribution in [1.82, 2.24) is 0 Å². The standard InChI is InChI=1S/C10H13NO3/c1-10(14,7-12)11-6-8-4-2-3-5-9(8)13/h2-6,12-14H,7H2,1H3/b11-6+. The van der Waals surface area contributed by atoms with E-state index >= 15 is 0 Å². The Bertz CT molecular complexity index is 334. The van der Waals surface area contributed by atoms with Crippen LogP contribution in [0.1, 0.15) is 12.5 Å². The van der Waals surface area contributed by atoms with Gasteiger partial charge in [0.2, 0.25) is 0 Å². The first kappa shape index (κ1) is 10.7. The summed E-state index contributed by atoms with van der Waals surface area (Å²) in [5.74, 6) is 0.0880. The predicted octanol–water partition coefficient (Wildman–Crippen LogP) is 0.512. The van der Waals surface area contributed by atoms with Gasteiger partial charge in [-0.05, 0) is 19.1 Å². The molecule has 76 valence electrons. The number of aromatic hydroxyl groups is 1. The number of hydrogen-bond acceptors (Lipinski definition) is 4. The molecule has 0 saturated carbocycles. The second-order valence-electron chi connectivity index (χ2n) is 3.19. The van der Waals surface area contributed by atoms with Crippen molar-refractivity contribution in [3.8, 4) is 5.75 Å². The third kappa shape index (κ3) is 2.83. The summed E-state index contributed by atoms with van der Waals surface area (Å²) in [7, 11) is 0. The van der Waals surface area contributed by atoms with Crippen LogP contribution in [-0.4, -0.2) is 33.9 Å². The summed E-state index contributed by atoms with van der Waals surface area (Å²) in [5.41, 5.74) is -0.997. The molecule has 1 atom stereocenters. The molecule has 1 unspecified atom stereocenters. The molecular weight excluding hydrogens is 182 g/mol. The Morgan fingerprint density at radius 3 is 2.64 bits per heavy atom. The van der Waals surface area contributed by atoms with Gasteiger partial charge in [0.15, 0.2) is 5.72 Å². The van der Waals surface area contributed by atoms with Gasteiger partial charge in [-0.2, -0.15) is 0 Å². The maximum Gasteiger partial charge on any atom is 0.176 e. The maximum atomic E-state index is 9.35. The lowest BCUT2D eigenvalue weighted by Crippen LogP contribution is -2.26. The number of aliphatic hydroxyl groups is 2. The quantitative estimate of drug-likeness (QED) is 0.615. The summed E-state index contributed by atoms with van der Waals surface area (Å²) >= 11 is 0. The normalized spacial score (nSPS) is 15.6.